The molecule has 0 spiro atoms. The molecule has 0 aromatic heterocycles. The zero-order valence-corrected chi connectivity index (χ0v) is 12.9. The Hall–Kier alpha value is -1.51. The summed E-state index contributed by atoms with van der Waals surface area (Å²) < 4.78 is 4.77. The molecule has 2 atom stereocenters. The van der Waals surface area contributed by atoms with Crippen LogP contribution >= 0.6 is 15.9 Å². The standard InChI is InChI=1S/C13H16BrNO6/c1-2-21-13(18)8-3-4-9(10(7-8)15(19)20)12(17)11(16)5-6-14/h3-4,7,11-12,16-17H,2,5-6H2,1H3. The maximum absolute atomic E-state index is 11.6. The number of aliphatic hydroxyl groups is 2. The van der Waals surface area contributed by atoms with E-state index < -0.39 is 28.8 Å². The Morgan fingerprint density at radius 3 is 2.67 bits per heavy atom. The average molecular weight is 362 g/mol. The molecule has 0 heterocycles. The molecule has 0 aliphatic rings. The van der Waals surface area contributed by atoms with Gasteiger partial charge in [-0.1, -0.05) is 15.9 Å². The van der Waals surface area contributed by atoms with Gasteiger partial charge in [-0.2, -0.15) is 0 Å². The summed E-state index contributed by atoms with van der Waals surface area (Å²) in [6.45, 7) is 1.78. The fraction of sp³-hybridized carbons (Fsp3) is 0.462. The minimum absolute atomic E-state index is 0.0227. The normalized spacial score (nSPS) is 13.5. The van der Waals surface area contributed by atoms with Gasteiger partial charge in [0.05, 0.1) is 28.8 Å². The Morgan fingerprint density at radius 2 is 2.14 bits per heavy atom. The van der Waals surface area contributed by atoms with Crippen molar-refractivity contribution in [3.63, 3.8) is 0 Å². The molecule has 8 heteroatoms. The maximum atomic E-state index is 11.6. The highest BCUT2D eigenvalue weighted by molar-refractivity contribution is 9.09. The van der Waals surface area contributed by atoms with Crippen LogP contribution in [0.4, 0.5) is 5.69 Å². The van der Waals surface area contributed by atoms with Crippen LogP contribution in [-0.4, -0.2) is 39.1 Å². The molecule has 1 rings (SSSR count). The van der Waals surface area contributed by atoms with Gasteiger partial charge in [0.15, 0.2) is 0 Å². The summed E-state index contributed by atoms with van der Waals surface area (Å²) in [6, 6.07) is 3.62. The number of esters is 1. The molecule has 0 bridgehead atoms. The lowest BCUT2D eigenvalue weighted by atomic mass is 9.99. The Bertz CT molecular complexity index is 521. The third-order valence-electron chi connectivity index (χ3n) is 2.83. The quantitative estimate of drug-likeness (QED) is 0.332. The molecule has 2 N–H and O–H groups in total. The Labute approximate surface area is 129 Å². The molecule has 116 valence electrons. The van der Waals surface area contributed by atoms with E-state index in [2.05, 4.69) is 15.9 Å². The van der Waals surface area contributed by atoms with Crippen molar-refractivity contribution in [2.75, 3.05) is 11.9 Å². The van der Waals surface area contributed by atoms with E-state index in [-0.39, 0.29) is 24.2 Å². The second-order valence-corrected chi connectivity index (χ2v) is 5.03. The van der Waals surface area contributed by atoms with Crippen LogP contribution in [0.15, 0.2) is 18.2 Å². The summed E-state index contributed by atoms with van der Waals surface area (Å²) in [5.41, 5.74) is -0.447. The zero-order chi connectivity index (χ0) is 16.0. The van der Waals surface area contributed by atoms with Crippen molar-refractivity contribution in [3.05, 3.63) is 39.4 Å². The van der Waals surface area contributed by atoms with Gasteiger partial charge in [0.1, 0.15) is 6.10 Å². The Morgan fingerprint density at radius 1 is 1.48 bits per heavy atom. The first-order chi connectivity index (χ1) is 9.92. The van der Waals surface area contributed by atoms with Gasteiger partial charge in [0.25, 0.3) is 5.69 Å². The van der Waals surface area contributed by atoms with Crippen molar-refractivity contribution in [1.82, 2.24) is 0 Å². The van der Waals surface area contributed by atoms with Crippen LogP contribution in [0.25, 0.3) is 0 Å². The molecule has 7 nitrogen and oxygen atoms in total. The van der Waals surface area contributed by atoms with Crippen molar-refractivity contribution >= 4 is 27.6 Å². The number of hydrogen-bond donors (Lipinski definition) is 2. The van der Waals surface area contributed by atoms with Crippen LogP contribution in [-0.2, 0) is 4.74 Å². The molecule has 0 amide bonds. The predicted octanol–water partition coefficient (Wildman–Crippen LogP) is 1.95. The van der Waals surface area contributed by atoms with E-state index in [4.69, 9.17) is 4.74 Å². The van der Waals surface area contributed by atoms with Crippen molar-refractivity contribution in [2.45, 2.75) is 25.6 Å². The summed E-state index contributed by atoms with van der Waals surface area (Å²) in [4.78, 5) is 22.0. The molecule has 0 fully saturated rings. The number of carbonyl (C=O) groups excluding carboxylic acids is 1. The van der Waals surface area contributed by atoms with Crippen LogP contribution in [0.2, 0.25) is 0 Å². The number of nitro benzene ring substituents is 1. The van der Waals surface area contributed by atoms with Gasteiger partial charge in [0, 0.05) is 11.4 Å². The molecule has 21 heavy (non-hydrogen) atoms. The fourth-order valence-electron chi connectivity index (χ4n) is 1.77. The SMILES string of the molecule is CCOC(=O)c1ccc(C(O)C(O)CCBr)c([N+](=O)[O-])c1. The number of nitro groups is 1. The van der Waals surface area contributed by atoms with Crippen LogP contribution < -0.4 is 0 Å². The minimum atomic E-state index is -1.40. The molecule has 0 radical (unpaired) electrons. The first kappa shape index (κ1) is 17.5. The lowest BCUT2D eigenvalue weighted by Gasteiger charge is -2.17. The molecule has 1 aromatic carbocycles. The first-order valence-corrected chi connectivity index (χ1v) is 7.42. The van der Waals surface area contributed by atoms with Crippen LogP contribution in [0.5, 0.6) is 0 Å². The molecule has 0 aliphatic carbocycles. The minimum Gasteiger partial charge on any atom is -0.462 e. The van der Waals surface area contributed by atoms with Crippen LogP contribution in [0.1, 0.15) is 35.4 Å². The topological polar surface area (TPSA) is 110 Å². The number of alkyl halides is 1. The van der Waals surface area contributed by atoms with Crippen LogP contribution in [0.3, 0.4) is 0 Å². The highest BCUT2D eigenvalue weighted by Crippen LogP contribution is 2.29. The Kier molecular flexibility index (Phi) is 6.73. The highest BCUT2D eigenvalue weighted by Gasteiger charge is 2.27. The highest BCUT2D eigenvalue weighted by atomic mass is 79.9. The van der Waals surface area contributed by atoms with Crippen molar-refractivity contribution in [3.8, 4) is 0 Å². The van der Waals surface area contributed by atoms with Gasteiger partial charge < -0.3 is 14.9 Å². The molecule has 0 aliphatic heterocycles. The van der Waals surface area contributed by atoms with Crippen LogP contribution in [0, 0.1) is 10.1 Å². The third kappa shape index (κ3) is 4.48. The summed E-state index contributed by atoms with van der Waals surface area (Å²) in [6.07, 6.45) is -2.31. The zero-order valence-electron chi connectivity index (χ0n) is 11.4. The van der Waals surface area contributed by atoms with E-state index in [9.17, 15) is 25.1 Å². The number of aliphatic hydroxyl groups excluding tert-OH is 2. The third-order valence-corrected chi connectivity index (χ3v) is 3.28. The fourth-order valence-corrected chi connectivity index (χ4v) is 2.24. The number of benzene rings is 1. The molecule has 1 aromatic rings. The summed E-state index contributed by atoms with van der Waals surface area (Å²) in [5, 5.41) is 31.3. The molecule has 2 unspecified atom stereocenters. The average Bonchev–Trinajstić information content (AvgIpc) is 2.46. The number of nitrogens with zero attached hydrogens (tertiary/aromatic N) is 1. The lowest BCUT2D eigenvalue weighted by Crippen LogP contribution is -2.20. The van der Waals surface area contributed by atoms with Crippen molar-refractivity contribution in [1.29, 1.82) is 0 Å². The first-order valence-electron chi connectivity index (χ1n) is 6.29. The lowest BCUT2D eigenvalue weighted by molar-refractivity contribution is -0.386. The maximum Gasteiger partial charge on any atom is 0.338 e. The Balaban J connectivity index is 3.16. The summed E-state index contributed by atoms with van der Waals surface area (Å²) in [7, 11) is 0. The molecule has 0 saturated carbocycles. The van der Waals surface area contributed by atoms with Gasteiger partial charge in [0.2, 0.25) is 0 Å². The molecule has 0 saturated heterocycles. The second-order valence-electron chi connectivity index (χ2n) is 4.24. The monoisotopic (exact) mass is 361 g/mol. The van der Waals surface area contributed by atoms with Gasteiger partial charge in [-0.25, -0.2) is 4.79 Å². The summed E-state index contributed by atoms with van der Waals surface area (Å²) >= 11 is 3.12. The number of ether oxygens (including phenoxy) is 1. The van der Waals surface area contributed by atoms with E-state index in [1.807, 2.05) is 0 Å². The molecular weight excluding hydrogens is 346 g/mol. The second kappa shape index (κ2) is 8.06. The van der Waals surface area contributed by atoms with Gasteiger partial charge >= 0.3 is 5.97 Å². The largest absolute Gasteiger partial charge is 0.462 e. The van der Waals surface area contributed by atoms with Crippen molar-refractivity contribution in [2.24, 2.45) is 0 Å². The van der Waals surface area contributed by atoms with Gasteiger partial charge in [-0.05, 0) is 25.5 Å². The number of rotatable bonds is 7. The predicted molar refractivity (Wildman–Crippen MR) is 78.4 cm³/mol. The van der Waals surface area contributed by atoms with E-state index in [1.165, 1.54) is 12.1 Å². The van der Waals surface area contributed by atoms with Crippen molar-refractivity contribution < 1.29 is 24.7 Å². The van der Waals surface area contributed by atoms with E-state index >= 15 is 0 Å². The van der Waals surface area contributed by atoms with E-state index in [1.54, 1.807) is 6.92 Å². The van der Waals surface area contributed by atoms with E-state index in [0.29, 0.717) is 5.33 Å². The summed E-state index contributed by atoms with van der Waals surface area (Å²) in [5.74, 6) is -0.678. The van der Waals surface area contributed by atoms with Gasteiger partial charge in [-0.15, -0.1) is 0 Å². The number of halogens is 1. The molecular formula is C13H16BrNO6. The number of carbonyl (C=O) groups is 1. The smallest absolute Gasteiger partial charge is 0.338 e. The van der Waals surface area contributed by atoms with E-state index in [0.717, 1.165) is 6.07 Å². The van der Waals surface area contributed by atoms with Gasteiger partial charge in [-0.3, -0.25) is 10.1 Å². The number of hydrogen-bond acceptors (Lipinski definition) is 6.